The molecule has 4 aromatic carbocycles. The quantitative estimate of drug-likeness (QED) is 0.0831. The number of hydrogen-bond donors (Lipinski definition) is 2. The van der Waals surface area contributed by atoms with Gasteiger partial charge in [-0.3, -0.25) is 34.6 Å². The van der Waals surface area contributed by atoms with E-state index in [1.165, 1.54) is 29.9 Å². The number of fused-ring (bicyclic) bond motifs is 3. The summed E-state index contributed by atoms with van der Waals surface area (Å²) in [6, 6.07) is 30.7. The Kier molecular flexibility index (Phi) is 14.6. The fraction of sp³-hybridized carbons (Fsp3) is 0.426. The number of amides is 3. The van der Waals surface area contributed by atoms with Gasteiger partial charge in [0.15, 0.2) is 10.8 Å². The number of piperidine rings is 1. The maximum absolute atomic E-state index is 14.1. The topological polar surface area (TPSA) is 164 Å². The number of esters is 1. The first-order valence-electron chi connectivity index (χ1n) is 27.5. The van der Waals surface area contributed by atoms with Crippen molar-refractivity contribution in [2.45, 2.75) is 123 Å². The Balaban J connectivity index is 0.699. The van der Waals surface area contributed by atoms with Gasteiger partial charge < -0.3 is 19.3 Å². The molecule has 2 atom stereocenters. The van der Waals surface area contributed by atoms with Gasteiger partial charge in [0.25, 0.3) is 5.91 Å². The number of para-hydroxylation sites is 1. The Labute approximate surface area is 454 Å². The second kappa shape index (κ2) is 21.7. The third-order valence-corrected chi connectivity index (χ3v) is 17.2. The molecule has 3 fully saturated rings. The zero-order valence-electron chi connectivity index (χ0n) is 45.1. The Morgan fingerprint density at radius 2 is 1.64 bits per heavy atom. The van der Waals surface area contributed by atoms with Crippen LogP contribution in [0.3, 0.4) is 0 Å². The van der Waals surface area contributed by atoms with Gasteiger partial charge in [-0.15, -0.1) is 0 Å². The summed E-state index contributed by atoms with van der Waals surface area (Å²) in [5.74, 6) is 0.546. The number of carbonyl (C=O) groups excluding carboxylic acids is 4. The summed E-state index contributed by atoms with van der Waals surface area (Å²) in [5.41, 5.74) is 8.43. The molecule has 77 heavy (non-hydrogen) atoms. The molecule has 16 heteroatoms. The average Bonchev–Trinajstić information content (AvgIpc) is 4.11. The number of aromatic nitrogens is 4. The van der Waals surface area contributed by atoms with Gasteiger partial charge in [-0.05, 0) is 169 Å². The van der Waals surface area contributed by atoms with Crippen LogP contribution in [0.5, 0.6) is 5.75 Å². The predicted molar refractivity (Wildman–Crippen MR) is 303 cm³/mol. The number of benzene rings is 4. The number of hydrogen-bond acceptors (Lipinski definition) is 13. The molecule has 2 N–H and O–H groups in total. The number of imide groups is 1. The molecule has 3 aromatic heterocycles. The van der Waals surface area contributed by atoms with Crippen molar-refractivity contribution in [3.63, 3.8) is 0 Å². The van der Waals surface area contributed by atoms with Gasteiger partial charge >= 0.3 is 5.97 Å². The SMILES string of the molecule is Cc1c(OC2CCC(CC[C@H](C)N3CCN(c4ccc5c(C6CCC(=O)NC6=O)nn(C)c5c4)CC3)CC2)cccc1-c1ccc(N2CCc3cccc(C(=O)Nc4nc5ccccc5s4)c3C2)nc1C(=O)OC(C)(C)C. The Morgan fingerprint density at radius 3 is 2.42 bits per heavy atom. The first-order chi connectivity index (χ1) is 37.1. The number of nitrogens with one attached hydrogen (secondary N) is 2. The first-order valence-corrected chi connectivity index (χ1v) is 28.3. The Hall–Kier alpha value is -7.17. The lowest BCUT2D eigenvalue weighted by Gasteiger charge is -2.39. The van der Waals surface area contributed by atoms with E-state index in [-0.39, 0.29) is 29.5 Å². The highest BCUT2D eigenvalue weighted by Crippen LogP contribution is 2.39. The van der Waals surface area contributed by atoms with Crippen LogP contribution < -0.4 is 25.2 Å². The van der Waals surface area contributed by atoms with Crippen molar-refractivity contribution in [2.75, 3.05) is 47.8 Å². The normalized spacial score (nSPS) is 19.7. The third-order valence-electron chi connectivity index (χ3n) is 16.2. The maximum atomic E-state index is 14.1. The smallest absolute Gasteiger partial charge is 0.358 e. The molecule has 11 rings (SSSR count). The van der Waals surface area contributed by atoms with E-state index in [0.29, 0.717) is 66.4 Å². The molecule has 3 aliphatic heterocycles. The molecule has 1 saturated carbocycles. The van der Waals surface area contributed by atoms with Crippen LogP contribution in [0.15, 0.2) is 91.0 Å². The highest BCUT2D eigenvalue weighted by atomic mass is 32.1. The number of rotatable bonds is 13. The van der Waals surface area contributed by atoms with Gasteiger partial charge in [-0.1, -0.05) is 47.7 Å². The van der Waals surface area contributed by atoms with Crippen LogP contribution >= 0.6 is 11.3 Å². The lowest BCUT2D eigenvalue weighted by molar-refractivity contribution is -0.134. The zero-order chi connectivity index (χ0) is 53.5. The summed E-state index contributed by atoms with van der Waals surface area (Å²) in [5, 5.41) is 11.8. The van der Waals surface area contributed by atoms with E-state index < -0.39 is 17.5 Å². The van der Waals surface area contributed by atoms with Crippen LogP contribution in [-0.4, -0.2) is 98.8 Å². The van der Waals surface area contributed by atoms with E-state index in [1.807, 2.05) is 99.2 Å². The minimum absolute atomic E-state index is 0.112. The summed E-state index contributed by atoms with van der Waals surface area (Å²) < 4.78 is 15.7. The van der Waals surface area contributed by atoms with Crippen LogP contribution in [0.1, 0.15) is 128 Å². The molecule has 7 aromatic rings. The van der Waals surface area contributed by atoms with Gasteiger partial charge in [0.2, 0.25) is 11.8 Å². The zero-order valence-corrected chi connectivity index (χ0v) is 45.9. The predicted octanol–water partition coefficient (Wildman–Crippen LogP) is 10.8. The second-order valence-corrected chi connectivity index (χ2v) is 23.5. The standard InChI is InChI=1S/C61H69N9O6S/c1-37(68-31-33-69(34-32-68)41-21-24-46-50(35-41)67(6)66-55(46)47-26-28-54(71)64-58(47)73)17-18-39-19-22-42(23-20-39)75-51-15-10-12-43(38(51)2)44-25-27-53(63-56(44)59(74)76-61(3,4)5)70-30-29-40-11-9-13-45(48(40)36-70)57(72)65-60-62-49-14-7-8-16-52(49)77-60/h7-16,21,24-25,27,35,37,39,42,47H,17-20,22-23,26,28-34,36H2,1-6H3,(H,62,65,72)(H,64,71,73)/t37-,39?,42?,47?/m0/s1. The fourth-order valence-electron chi connectivity index (χ4n) is 11.9. The highest BCUT2D eigenvalue weighted by molar-refractivity contribution is 7.22. The van der Waals surface area contributed by atoms with E-state index in [2.05, 4.69) is 68.4 Å². The maximum Gasteiger partial charge on any atom is 0.358 e. The van der Waals surface area contributed by atoms with Crippen LogP contribution in [0.25, 0.3) is 32.2 Å². The molecule has 2 saturated heterocycles. The van der Waals surface area contributed by atoms with Crippen LogP contribution in [0, 0.1) is 12.8 Å². The van der Waals surface area contributed by atoms with E-state index in [1.54, 1.807) is 0 Å². The van der Waals surface area contributed by atoms with Crippen molar-refractivity contribution < 1.29 is 28.7 Å². The van der Waals surface area contributed by atoms with E-state index in [9.17, 15) is 19.2 Å². The molecule has 0 spiro atoms. The molecule has 4 aliphatic rings. The van der Waals surface area contributed by atoms with Crippen molar-refractivity contribution in [3.05, 3.63) is 125 Å². The van der Waals surface area contributed by atoms with Crippen molar-refractivity contribution in [1.29, 1.82) is 0 Å². The first kappa shape index (κ1) is 51.9. The van der Waals surface area contributed by atoms with Crippen molar-refractivity contribution in [3.8, 4) is 16.9 Å². The summed E-state index contributed by atoms with van der Waals surface area (Å²) >= 11 is 1.45. The van der Waals surface area contributed by atoms with Crippen molar-refractivity contribution >= 4 is 72.8 Å². The minimum Gasteiger partial charge on any atom is -0.490 e. The fourth-order valence-corrected chi connectivity index (χ4v) is 12.8. The molecule has 3 amide bonds. The molecular weight excluding hydrogens is 987 g/mol. The lowest BCUT2D eigenvalue weighted by Crippen LogP contribution is -2.49. The van der Waals surface area contributed by atoms with Crippen molar-refractivity contribution in [1.82, 2.24) is 30.0 Å². The number of ether oxygens (including phenoxy) is 2. The molecule has 6 heterocycles. The molecule has 0 bridgehead atoms. The van der Waals surface area contributed by atoms with Gasteiger partial charge in [-0.2, -0.15) is 5.10 Å². The van der Waals surface area contributed by atoms with Gasteiger partial charge in [0.1, 0.15) is 17.2 Å². The highest BCUT2D eigenvalue weighted by Gasteiger charge is 2.33. The van der Waals surface area contributed by atoms with Crippen LogP contribution in [-0.2, 0) is 34.3 Å². The van der Waals surface area contributed by atoms with E-state index >= 15 is 0 Å². The number of anilines is 3. The van der Waals surface area contributed by atoms with Crippen LogP contribution in [0.4, 0.5) is 16.6 Å². The van der Waals surface area contributed by atoms with E-state index in [4.69, 9.17) is 19.6 Å². The number of thiazole rings is 1. The second-order valence-electron chi connectivity index (χ2n) is 22.5. The number of nitrogens with zero attached hydrogens (tertiary/aromatic N) is 7. The number of carbonyl (C=O) groups is 4. The van der Waals surface area contributed by atoms with Gasteiger partial charge in [-0.25, -0.2) is 14.8 Å². The molecule has 15 nitrogen and oxygen atoms in total. The number of aryl methyl sites for hydroxylation is 1. The largest absolute Gasteiger partial charge is 0.490 e. The Bertz CT molecular complexity index is 3350. The minimum atomic E-state index is -0.734. The number of pyridine rings is 1. The monoisotopic (exact) mass is 1060 g/mol. The molecule has 1 unspecified atom stereocenters. The van der Waals surface area contributed by atoms with Gasteiger partial charge in [0.05, 0.1) is 33.4 Å². The summed E-state index contributed by atoms with van der Waals surface area (Å²) in [4.78, 5) is 69.3. The van der Waals surface area contributed by atoms with Gasteiger partial charge in [0, 0.05) is 81.0 Å². The molecular formula is C61H69N9O6S. The summed E-state index contributed by atoms with van der Waals surface area (Å²) in [6.07, 6.45) is 8.30. The third kappa shape index (κ3) is 11.2. The van der Waals surface area contributed by atoms with E-state index in [0.717, 1.165) is 107 Å². The molecule has 1 aliphatic carbocycles. The molecule has 0 radical (unpaired) electrons. The summed E-state index contributed by atoms with van der Waals surface area (Å²) in [6.45, 7) is 15.1. The molecule has 400 valence electrons. The van der Waals surface area contributed by atoms with Crippen LogP contribution in [0.2, 0.25) is 0 Å². The lowest BCUT2D eigenvalue weighted by atomic mass is 9.83. The average molecular weight is 1060 g/mol. The van der Waals surface area contributed by atoms with Crippen molar-refractivity contribution in [2.24, 2.45) is 13.0 Å². The number of piperazine rings is 1. The summed E-state index contributed by atoms with van der Waals surface area (Å²) in [7, 11) is 1.92. The Morgan fingerprint density at radius 1 is 0.844 bits per heavy atom.